The lowest BCUT2D eigenvalue weighted by Crippen LogP contribution is -2.26. The van der Waals surface area contributed by atoms with Crippen LogP contribution in [-0.2, 0) is 0 Å². The molecule has 3 rings (SSSR count). The molecule has 0 aliphatic carbocycles. The Bertz CT molecular complexity index is 765. The van der Waals surface area contributed by atoms with Crippen molar-refractivity contribution >= 4 is 5.91 Å². The lowest BCUT2D eigenvalue weighted by Gasteiger charge is -2.15. The molecule has 1 atom stereocenters. The Morgan fingerprint density at radius 3 is 2.86 bits per heavy atom. The van der Waals surface area contributed by atoms with Gasteiger partial charge in [-0.1, -0.05) is 12.1 Å². The van der Waals surface area contributed by atoms with Crippen LogP contribution in [0.25, 0.3) is 0 Å². The molecule has 0 aromatic heterocycles. The van der Waals surface area contributed by atoms with E-state index < -0.39 is 0 Å². The van der Waals surface area contributed by atoms with Crippen LogP contribution >= 0.6 is 0 Å². The molecule has 0 radical (unpaired) electrons. The summed E-state index contributed by atoms with van der Waals surface area (Å²) in [4.78, 5) is 12.3. The maximum Gasteiger partial charge on any atom is 0.251 e. The van der Waals surface area contributed by atoms with E-state index in [4.69, 9.17) is 14.7 Å². The standard InChI is InChI=1S/C17H14N2O3/c1-11(13-5-6-15-16(8-13)22-10-21-15)19-17(20)14-4-2-3-12(7-14)9-18/h2-8,11H,10H2,1H3,(H,19,20)/t11-/m0/s1. The molecule has 1 amide bonds. The molecule has 0 unspecified atom stereocenters. The molecular weight excluding hydrogens is 280 g/mol. The van der Waals surface area contributed by atoms with Crippen LogP contribution < -0.4 is 14.8 Å². The lowest BCUT2D eigenvalue weighted by molar-refractivity contribution is 0.0939. The van der Waals surface area contributed by atoms with Gasteiger partial charge in [0, 0.05) is 5.56 Å². The van der Waals surface area contributed by atoms with Crippen molar-refractivity contribution in [2.75, 3.05) is 6.79 Å². The van der Waals surface area contributed by atoms with Gasteiger partial charge >= 0.3 is 0 Å². The van der Waals surface area contributed by atoms with Gasteiger partial charge in [-0.25, -0.2) is 0 Å². The smallest absolute Gasteiger partial charge is 0.251 e. The van der Waals surface area contributed by atoms with E-state index in [1.54, 1.807) is 24.3 Å². The van der Waals surface area contributed by atoms with Gasteiger partial charge in [0.1, 0.15) is 0 Å². The van der Waals surface area contributed by atoms with Gasteiger partial charge in [0.05, 0.1) is 17.7 Å². The van der Waals surface area contributed by atoms with Crippen LogP contribution in [0.3, 0.4) is 0 Å². The van der Waals surface area contributed by atoms with Crippen LogP contribution in [0.1, 0.15) is 34.5 Å². The number of rotatable bonds is 3. The van der Waals surface area contributed by atoms with Gasteiger partial charge in [-0.2, -0.15) is 5.26 Å². The summed E-state index contributed by atoms with van der Waals surface area (Å²) in [6.07, 6.45) is 0. The van der Waals surface area contributed by atoms with Crippen LogP contribution in [0.15, 0.2) is 42.5 Å². The second-order valence-corrected chi connectivity index (χ2v) is 5.00. The number of carbonyl (C=O) groups is 1. The van der Waals surface area contributed by atoms with Gasteiger partial charge < -0.3 is 14.8 Å². The monoisotopic (exact) mass is 294 g/mol. The topological polar surface area (TPSA) is 71.4 Å². The molecule has 2 aromatic carbocycles. The summed E-state index contributed by atoms with van der Waals surface area (Å²) in [5.74, 6) is 1.18. The third kappa shape index (κ3) is 2.72. The minimum absolute atomic E-state index is 0.187. The zero-order valence-electron chi connectivity index (χ0n) is 12.0. The predicted octanol–water partition coefficient (Wildman–Crippen LogP) is 2.78. The van der Waals surface area contributed by atoms with Gasteiger partial charge in [-0.05, 0) is 42.8 Å². The molecule has 1 heterocycles. The number of amides is 1. The summed E-state index contributed by atoms with van der Waals surface area (Å²) in [6.45, 7) is 2.12. The van der Waals surface area contributed by atoms with Gasteiger partial charge in [-0.3, -0.25) is 4.79 Å². The fraction of sp³-hybridized carbons (Fsp3) is 0.176. The summed E-state index contributed by atoms with van der Waals surface area (Å²) < 4.78 is 10.6. The first-order valence-corrected chi connectivity index (χ1v) is 6.88. The van der Waals surface area contributed by atoms with Crippen molar-refractivity contribution in [1.29, 1.82) is 5.26 Å². The Morgan fingerprint density at radius 2 is 2.05 bits per heavy atom. The molecule has 5 nitrogen and oxygen atoms in total. The molecule has 0 fully saturated rings. The van der Waals surface area contributed by atoms with E-state index in [0.717, 1.165) is 5.56 Å². The van der Waals surface area contributed by atoms with Crippen LogP contribution in [0.2, 0.25) is 0 Å². The van der Waals surface area contributed by atoms with Crippen molar-refractivity contribution in [3.05, 3.63) is 59.2 Å². The van der Waals surface area contributed by atoms with E-state index in [9.17, 15) is 4.79 Å². The molecule has 1 N–H and O–H groups in total. The minimum atomic E-state index is -0.220. The van der Waals surface area contributed by atoms with E-state index >= 15 is 0 Å². The highest BCUT2D eigenvalue weighted by Gasteiger charge is 2.17. The van der Waals surface area contributed by atoms with E-state index in [2.05, 4.69) is 5.32 Å². The average Bonchev–Trinajstić information content (AvgIpc) is 3.02. The molecule has 1 aliphatic heterocycles. The van der Waals surface area contributed by atoms with Crippen LogP contribution in [-0.4, -0.2) is 12.7 Å². The Balaban J connectivity index is 1.74. The van der Waals surface area contributed by atoms with E-state index in [1.165, 1.54) is 0 Å². The number of nitriles is 1. The Hall–Kier alpha value is -3.00. The van der Waals surface area contributed by atoms with E-state index in [0.29, 0.717) is 22.6 Å². The van der Waals surface area contributed by atoms with Crippen molar-refractivity contribution < 1.29 is 14.3 Å². The highest BCUT2D eigenvalue weighted by molar-refractivity contribution is 5.94. The molecule has 1 aliphatic rings. The van der Waals surface area contributed by atoms with E-state index in [-0.39, 0.29) is 18.7 Å². The van der Waals surface area contributed by atoms with Crippen LogP contribution in [0, 0.1) is 11.3 Å². The number of carbonyl (C=O) groups excluding carboxylic acids is 1. The number of ether oxygens (including phenoxy) is 2. The fourth-order valence-electron chi connectivity index (χ4n) is 2.28. The Morgan fingerprint density at radius 1 is 1.23 bits per heavy atom. The SMILES string of the molecule is C[C@H](NC(=O)c1cccc(C#N)c1)c1ccc2c(c1)OCO2. The average molecular weight is 294 g/mol. The summed E-state index contributed by atoms with van der Waals surface area (Å²) in [7, 11) is 0. The van der Waals surface area contributed by atoms with Crippen LogP contribution in [0.5, 0.6) is 11.5 Å². The first-order chi connectivity index (χ1) is 10.7. The summed E-state index contributed by atoms with van der Waals surface area (Å²) >= 11 is 0. The fourth-order valence-corrected chi connectivity index (χ4v) is 2.28. The molecule has 2 aromatic rings. The van der Waals surface area contributed by atoms with Crippen molar-refractivity contribution in [2.45, 2.75) is 13.0 Å². The summed E-state index contributed by atoms with van der Waals surface area (Å²) in [5.41, 5.74) is 1.85. The summed E-state index contributed by atoms with van der Waals surface area (Å²) in [5, 5.41) is 11.8. The number of nitrogens with one attached hydrogen (secondary N) is 1. The molecule has 0 spiro atoms. The highest BCUT2D eigenvalue weighted by Crippen LogP contribution is 2.34. The molecular formula is C17H14N2O3. The second-order valence-electron chi connectivity index (χ2n) is 5.00. The Kier molecular flexibility index (Phi) is 3.67. The van der Waals surface area contributed by atoms with Gasteiger partial charge in [0.2, 0.25) is 6.79 Å². The lowest BCUT2D eigenvalue weighted by atomic mass is 10.1. The van der Waals surface area contributed by atoms with Gasteiger partial charge in [0.15, 0.2) is 11.5 Å². The van der Waals surface area contributed by atoms with Crippen molar-refractivity contribution in [3.63, 3.8) is 0 Å². The number of hydrogen-bond donors (Lipinski definition) is 1. The van der Waals surface area contributed by atoms with Crippen molar-refractivity contribution in [1.82, 2.24) is 5.32 Å². The summed E-state index contributed by atoms with van der Waals surface area (Å²) in [6, 6.07) is 14.0. The number of fused-ring (bicyclic) bond motifs is 1. The normalized spacial score (nSPS) is 13.3. The van der Waals surface area contributed by atoms with Gasteiger partial charge in [0.25, 0.3) is 5.91 Å². The Labute approximate surface area is 128 Å². The molecule has 0 bridgehead atoms. The highest BCUT2D eigenvalue weighted by atomic mass is 16.7. The van der Waals surface area contributed by atoms with Crippen molar-refractivity contribution in [3.8, 4) is 17.6 Å². The molecule has 5 heteroatoms. The minimum Gasteiger partial charge on any atom is -0.454 e. The third-order valence-corrected chi connectivity index (χ3v) is 3.50. The van der Waals surface area contributed by atoms with Crippen LogP contribution in [0.4, 0.5) is 0 Å². The quantitative estimate of drug-likeness (QED) is 0.945. The first-order valence-electron chi connectivity index (χ1n) is 6.88. The first kappa shape index (κ1) is 14.0. The molecule has 0 saturated carbocycles. The zero-order valence-corrected chi connectivity index (χ0v) is 12.0. The maximum absolute atomic E-state index is 12.3. The molecule has 110 valence electrons. The van der Waals surface area contributed by atoms with Gasteiger partial charge in [-0.15, -0.1) is 0 Å². The largest absolute Gasteiger partial charge is 0.454 e. The van der Waals surface area contributed by atoms with E-state index in [1.807, 2.05) is 31.2 Å². The molecule has 22 heavy (non-hydrogen) atoms. The third-order valence-electron chi connectivity index (χ3n) is 3.50. The number of nitrogens with zero attached hydrogens (tertiary/aromatic N) is 1. The maximum atomic E-state index is 12.3. The number of hydrogen-bond acceptors (Lipinski definition) is 4. The second kappa shape index (κ2) is 5.78. The van der Waals surface area contributed by atoms with Crippen molar-refractivity contribution in [2.24, 2.45) is 0 Å². The predicted molar refractivity (Wildman–Crippen MR) is 79.6 cm³/mol. The zero-order chi connectivity index (χ0) is 15.5. The molecule has 0 saturated heterocycles. The number of benzene rings is 2.